The molecule has 2 aromatic rings. The molecular weight excluding hydrogens is 256 g/mol. The SMILES string of the molecule is C[Si](C)(C)C1=C/C(=C\c2ccccc2)c2ccccc21. The third-order valence-corrected chi connectivity index (χ3v) is 5.79. The van der Waals surface area contributed by atoms with Crippen LogP contribution < -0.4 is 0 Å². The van der Waals surface area contributed by atoms with Crippen LogP contribution >= 0.6 is 0 Å². The predicted octanol–water partition coefficient (Wildman–Crippen LogP) is 5.50. The summed E-state index contributed by atoms with van der Waals surface area (Å²) in [4.78, 5) is 0. The molecular formula is C19H20Si. The van der Waals surface area contributed by atoms with Gasteiger partial charge in [0.05, 0.1) is 8.07 Å². The Morgan fingerprint density at radius 1 is 0.750 bits per heavy atom. The van der Waals surface area contributed by atoms with Crippen molar-refractivity contribution in [1.82, 2.24) is 0 Å². The first-order chi connectivity index (χ1) is 9.55. The molecule has 0 radical (unpaired) electrons. The summed E-state index contributed by atoms with van der Waals surface area (Å²) in [5.74, 6) is 0. The molecule has 100 valence electrons. The van der Waals surface area contributed by atoms with Crippen LogP contribution in [0.25, 0.3) is 16.8 Å². The van der Waals surface area contributed by atoms with E-state index in [-0.39, 0.29) is 0 Å². The van der Waals surface area contributed by atoms with E-state index >= 15 is 0 Å². The van der Waals surface area contributed by atoms with Crippen molar-refractivity contribution in [2.45, 2.75) is 19.6 Å². The van der Waals surface area contributed by atoms with Crippen LogP contribution in [-0.4, -0.2) is 8.07 Å². The van der Waals surface area contributed by atoms with Crippen molar-refractivity contribution in [3.05, 3.63) is 77.4 Å². The largest absolute Gasteiger partial charge is 0.0784 e. The summed E-state index contributed by atoms with van der Waals surface area (Å²) in [6.07, 6.45) is 4.70. The maximum absolute atomic E-state index is 2.42. The fraction of sp³-hybridized carbons (Fsp3) is 0.158. The number of fused-ring (bicyclic) bond motifs is 1. The van der Waals surface area contributed by atoms with Crippen LogP contribution in [0.5, 0.6) is 0 Å². The van der Waals surface area contributed by atoms with Crippen LogP contribution in [0.15, 0.2) is 60.7 Å². The normalized spacial score (nSPS) is 16.1. The Morgan fingerprint density at radius 2 is 1.35 bits per heavy atom. The Balaban J connectivity index is 2.14. The van der Waals surface area contributed by atoms with E-state index < -0.39 is 8.07 Å². The number of rotatable bonds is 2. The highest BCUT2D eigenvalue weighted by Crippen LogP contribution is 2.40. The second-order valence-corrected chi connectivity index (χ2v) is 11.4. The van der Waals surface area contributed by atoms with E-state index in [9.17, 15) is 0 Å². The van der Waals surface area contributed by atoms with E-state index in [1.807, 2.05) is 0 Å². The van der Waals surface area contributed by atoms with Gasteiger partial charge in [0.25, 0.3) is 0 Å². The summed E-state index contributed by atoms with van der Waals surface area (Å²) < 4.78 is 0. The maximum Gasteiger partial charge on any atom is 0.0784 e. The van der Waals surface area contributed by atoms with Gasteiger partial charge in [-0.3, -0.25) is 0 Å². The van der Waals surface area contributed by atoms with Gasteiger partial charge in [0.15, 0.2) is 0 Å². The van der Waals surface area contributed by atoms with E-state index in [1.165, 1.54) is 22.3 Å². The Labute approximate surface area is 122 Å². The monoisotopic (exact) mass is 276 g/mol. The van der Waals surface area contributed by atoms with Crippen LogP contribution in [0.2, 0.25) is 19.6 Å². The smallest absolute Gasteiger partial charge is 0.0656 e. The molecule has 0 spiro atoms. The van der Waals surface area contributed by atoms with Crippen LogP contribution in [0, 0.1) is 0 Å². The number of hydrogen-bond donors (Lipinski definition) is 0. The summed E-state index contributed by atoms with van der Waals surface area (Å²) in [7, 11) is -1.31. The lowest BCUT2D eigenvalue weighted by molar-refractivity contribution is 1.59. The van der Waals surface area contributed by atoms with Crippen LogP contribution in [0.4, 0.5) is 0 Å². The number of hydrogen-bond acceptors (Lipinski definition) is 0. The zero-order valence-corrected chi connectivity index (χ0v) is 13.4. The Hall–Kier alpha value is -1.86. The minimum Gasteiger partial charge on any atom is -0.0656 e. The molecule has 0 unspecified atom stereocenters. The van der Waals surface area contributed by atoms with Crippen molar-refractivity contribution < 1.29 is 0 Å². The first-order valence-corrected chi connectivity index (χ1v) is 10.6. The van der Waals surface area contributed by atoms with Gasteiger partial charge in [0.1, 0.15) is 0 Å². The minimum absolute atomic E-state index is 1.27. The highest BCUT2D eigenvalue weighted by atomic mass is 28.3. The lowest BCUT2D eigenvalue weighted by Crippen LogP contribution is -2.21. The van der Waals surface area contributed by atoms with E-state index in [1.54, 1.807) is 5.20 Å². The summed E-state index contributed by atoms with van der Waals surface area (Å²) in [6.45, 7) is 7.25. The van der Waals surface area contributed by atoms with Gasteiger partial charge in [-0.25, -0.2) is 0 Å². The average Bonchev–Trinajstić information content (AvgIpc) is 2.79. The highest BCUT2D eigenvalue weighted by Gasteiger charge is 2.27. The number of benzene rings is 2. The Bertz CT molecular complexity index is 685. The van der Waals surface area contributed by atoms with Crippen LogP contribution in [0.3, 0.4) is 0 Å². The van der Waals surface area contributed by atoms with Gasteiger partial charge in [0, 0.05) is 0 Å². The molecule has 0 N–H and O–H groups in total. The molecule has 20 heavy (non-hydrogen) atoms. The molecule has 0 heterocycles. The maximum atomic E-state index is 2.42. The quantitative estimate of drug-likeness (QED) is 0.635. The summed E-state index contributed by atoms with van der Waals surface area (Å²) >= 11 is 0. The Morgan fingerprint density at radius 3 is 2.00 bits per heavy atom. The zero-order chi connectivity index (χ0) is 14.2. The van der Waals surface area contributed by atoms with Crippen molar-refractivity contribution in [3.8, 4) is 0 Å². The lowest BCUT2D eigenvalue weighted by Gasteiger charge is -2.18. The summed E-state index contributed by atoms with van der Waals surface area (Å²) in [6, 6.07) is 19.4. The van der Waals surface area contributed by atoms with Gasteiger partial charge in [-0.05, 0) is 28.3 Å². The highest BCUT2D eigenvalue weighted by molar-refractivity contribution is 6.94. The molecule has 0 atom stereocenters. The van der Waals surface area contributed by atoms with Crippen molar-refractivity contribution in [2.75, 3.05) is 0 Å². The lowest BCUT2D eigenvalue weighted by atomic mass is 10.0. The molecule has 2 aromatic carbocycles. The molecule has 0 bridgehead atoms. The first kappa shape index (κ1) is 13.1. The third-order valence-electron chi connectivity index (χ3n) is 3.76. The van der Waals surface area contributed by atoms with Gasteiger partial charge in [-0.15, -0.1) is 0 Å². The molecule has 1 heteroatoms. The van der Waals surface area contributed by atoms with E-state index in [4.69, 9.17) is 0 Å². The molecule has 0 saturated carbocycles. The van der Waals surface area contributed by atoms with Crippen molar-refractivity contribution >= 4 is 24.9 Å². The fourth-order valence-corrected chi connectivity index (χ4v) is 4.36. The van der Waals surface area contributed by atoms with E-state index in [0.717, 1.165) is 0 Å². The summed E-state index contributed by atoms with van der Waals surface area (Å²) in [5.41, 5.74) is 5.44. The topological polar surface area (TPSA) is 0 Å². The van der Waals surface area contributed by atoms with Gasteiger partial charge < -0.3 is 0 Å². The molecule has 0 fully saturated rings. The molecule has 0 aromatic heterocycles. The zero-order valence-electron chi connectivity index (χ0n) is 12.4. The standard InChI is InChI=1S/C19H20Si/c1-20(2,3)19-14-16(13-15-9-5-4-6-10-15)17-11-7-8-12-18(17)19/h4-14H,1-3H3/b16-13+. The second kappa shape index (κ2) is 4.91. The molecule has 0 saturated heterocycles. The second-order valence-electron chi connectivity index (χ2n) is 6.36. The van der Waals surface area contributed by atoms with Gasteiger partial charge in [-0.1, -0.05) is 85.5 Å². The minimum atomic E-state index is -1.31. The molecule has 1 aliphatic carbocycles. The molecule has 3 rings (SSSR count). The molecule has 0 nitrogen and oxygen atoms in total. The predicted molar refractivity (Wildman–Crippen MR) is 92.1 cm³/mol. The number of allylic oxidation sites excluding steroid dienone is 2. The Kier molecular flexibility index (Phi) is 3.23. The molecule has 0 amide bonds. The van der Waals surface area contributed by atoms with Crippen molar-refractivity contribution in [1.29, 1.82) is 0 Å². The van der Waals surface area contributed by atoms with Crippen molar-refractivity contribution in [3.63, 3.8) is 0 Å². The van der Waals surface area contributed by atoms with Gasteiger partial charge in [-0.2, -0.15) is 0 Å². The third kappa shape index (κ3) is 2.41. The first-order valence-electron chi connectivity index (χ1n) is 7.14. The van der Waals surface area contributed by atoms with Crippen molar-refractivity contribution in [2.24, 2.45) is 0 Å². The fourth-order valence-electron chi connectivity index (χ4n) is 2.75. The molecule has 1 aliphatic rings. The molecule has 0 aliphatic heterocycles. The average molecular weight is 276 g/mol. The van der Waals surface area contributed by atoms with Crippen LogP contribution in [-0.2, 0) is 0 Å². The van der Waals surface area contributed by atoms with Crippen LogP contribution in [0.1, 0.15) is 16.7 Å². The van der Waals surface area contributed by atoms with E-state index in [2.05, 4.69) is 86.4 Å². The summed E-state index contributed by atoms with van der Waals surface area (Å²) in [5, 5.41) is 1.57. The van der Waals surface area contributed by atoms with Gasteiger partial charge in [0.2, 0.25) is 0 Å². The van der Waals surface area contributed by atoms with E-state index in [0.29, 0.717) is 0 Å². The van der Waals surface area contributed by atoms with Gasteiger partial charge >= 0.3 is 0 Å².